The Morgan fingerprint density at radius 2 is 1.83 bits per heavy atom. The number of hydrogen-bond donors (Lipinski definition) is 2. The number of hydrogen-bond acceptors (Lipinski definition) is 5. The molecule has 1 aromatic heterocycles. The van der Waals surface area contributed by atoms with Gasteiger partial charge in [-0.2, -0.15) is 0 Å². The average molecular weight is 458 g/mol. The molecule has 0 spiro atoms. The van der Waals surface area contributed by atoms with Crippen molar-refractivity contribution in [1.82, 2.24) is 14.5 Å². The maximum atomic E-state index is 13.0. The third-order valence-electron chi connectivity index (χ3n) is 3.79. The highest BCUT2D eigenvalue weighted by Crippen LogP contribution is 2.31. The molecule has 0 atom stereocenters. The molecule has 1 heterocycles. The van der Waals surface area contributed by atoms with Gasteiger partial charge in [0.1, 0.15) is 12.1 Å². The van der Waals surface area contributed by atoms with E-state index < -0.39 is 35.5 Å². The standard InChI is InChI=1S/C19H21Cl2N3O6/c1-19(2,3)30-17(28)22-7-8-24-16(27)12(9-23(18(24)29)10-14(25)26)11-5-4-6-13(20)15(11)21/h4-6,9H,7-8,10H2,1-3H3,(H,22,28)(H,25,26). The van der Waals surface area contributed by atoms with Crippen LogP contribution in [0.2, 0.25) is 10.0 Å². The van der Waals surface area contributed by atoms with Crippen LogP contribution < -0.4 is 16.6 Å². The molecule has 162 valence electrons. The third kappa shape index (κ3) is 5.87. The highest BCUT2D eigenvalue weighted by atomic mass is 35.5. The lowest BCUT2D eigenvalue weighted by Gasteiger charge is -2.20. The molecule has 1 amide bonds. The number of nitrogens with zero attached hydrogens (tertiary/aromatic N) is 2. The molecule has 0 radical (unpaired) electrons. The molecule has 0 bridgehead atoms. The number of aliphatic carboxylic acids is 1. The highest BCUT2D eigenvalue weighted by molar-refractivity contribution is 6.43. The van der Waals surface area contributed by atoms with E-state index in [0.29, 0.717) is 0 Å². The Morgan fingerprint density at radius 1 is 1.17 bits per heavy atom. The number of amides is 1. The van der Waals surface area contributed by atoms with Crippen LogP contribution in [0, 0.1) is 0 Å². The van der Waals surface area contributed by atoms with Crippen LogP contribution in [-0.2, 0) is 22.6 Å². The number of halogens is 2. The fourth-order valence-corrected chi connectivity index (χ4v) is 2.99. The number of carbonyl (C=O) groups is 2. The van der Waals surface area contributed by atoms with Crippen molar-refractivity contribution in [2.75, 3.05) is 6.54 Å². The van der Waals surface area contributed by atoms with Crippen molar-refractivity contribution in [3.63, 3.8) is 0 Å². The van der Waals surface area contributed by atoms with Crippen molar-refractivity contribution in [1.29, 1.82) is 0 Å². The molecule has 2 N–H and O–H groups in total. The fourth-order valence-electron chi connectivity index (χ4n) is 2.59. The van der Waals surface area contributed by atoms with Gasteiger partial charge in [-0.3, -0.25) is 18.7 Å². The number of aromatic nitrogens is 2. The molecule has 0 unspecified atom stereocenters. The summed E-state index contributed by atoms with van der Waals surface area (Å²) in [5.41, 5.74) is -1.99. The summed E-state index contributed by atoms with van der Waals surface area (Å²) in [6, 6.07) is 4.64. The van der Waals surface area contributed by atoms with Crippen molar-refractivity contribution >= 4 is 35.3 Å². The van der Waals surface area contributed by atoms with E-state index in [1.165, 1.54) is 12.1 Å². The fraction of sp³-hybridized carbons (Fsp3) is 0.368. The van der Waals surface area contributed by atoms with Gasteiger partial charge in [0, 0.05) is 24.8 Å². The molecule has 0 fully saturated rings. The molecule has 0 saturated heterocycles. The summed E-state index contributed by atoms with van der Waals surface area (Å²) in [6.45, 7) is 4.12. The molecule has 1 aromatic carbocycles. The van der Waals surface area contributed by atoms with Gasteiger partial charge in [0.25, 0.3) is 5.56 Å². The van der Waals surface area contributed by atoms with Crippen LogP contribution in [0.5, 0.6) is 0 Å². The van der Waals surface area contributed by atoms with Gasteiger partial charge in [0.2, 0.25) is 0 Å². The number of carboxylic acid groups (broad SMARTS) is 1. The zero-order valence-electron chi connectivity index (χ0n) is 16.6. The second-order valence-electron chi connectivity index (χ2n) is 7.33. The topological polar surface area (TPSA) is 120 Å². The highest BCUT2D eigenvalue weighted by Gasteiger charge is 2.19. The van der Waals surface area contributed by atoms with E-state index in [0.717, 1.165) is 15.3 Å². The minimum absolute atomic E-state index is 0.000572. The quantitative estimate of drug-likeness (QED) is 0.687. The van der Waals surface area contributed by atoms with Gasteiger partial charge >= 0.3 is 17.8 Å². The van der Waals surface area contributed by atoms with Gasteiger partial charge in [-0.15, -0.1) is 0 Å². The summed E-state index contributed by atoms with van der Waals surface area (Å²) in [5.74, 6) is -1.27. The number of rotatable bonds is 6. The van der Waals surface area contributed by atoms with Crippen LogP contribution >= 0.6 is 23.2 Å². The number of nitrogens with one attached hydrogen (secondary N) is 1. The third-order valence-corrected chi connectivity index (χ3v) is 4.61. The predicted molar refractivity (Wildman–Crippen MR) is 112 cm³/mol. The Kier molecular flexibility index (Phi) is 7.33. The number of carboxylic acids is 1. The first-order valence-corrected chi connectivity index (χ1v) is 9.63. The van der Waals surface area contributed by atoms with Gasteiger partial charge in [-0.1, -0.05) is 35.3 Å². The normalized spacial score (nSPS) is 11.2. The minimum atomic E-state index is -1.27. The SMILES string of the molecule is CC(C)(C)OC(=O)NCCn1c(=O)c(-c2cccc(Cl)c2Cl)cn(CC(=O)O)c1=O. The molecular formula is C19H21Cl2N3O6. The second kappa shape index (κ2) is 9.36. The Balaban J connectivity index is 2.45. The first-order chi connectivity index (χ1) is 13.9. The van der Waals surface area contributed by atoms with Crippen LogP contribution in [0.4, 0.5) is 4.79 Å². The zero-order valence-corrected chi connectivity index (χ0v) is 18.1. The molecular weight excluding hydrogens is 437 g/mol. The van der Waals surface area contributed by atoms with E-state index in [-0.39, 0.29) is 34.3 Å². The largest absolute Gasteiger partial charge is 0.480 e. The van der Waals surface area contributed by atoms with Crippen LogP contribution in [0.15, 0.2) is 34.0 Å². The summed E-state index contributed by atoms with van der Waals surface area (Å²) < 4.78 is 6.81. The molecule has 0 saturated carbocycles. The number of carbonyl (C=O) groups excluding carboxylic acids is 1. The van der Waals surface area contributed by atoms with E-state index in [1.807, 2.05) is 0 Å². The van der Waals surface area contributed by atoms with Crippen molar-refractivity contribution in [3.8, 4) is 11.1 Å². The van der Waals surface area contributed by atoms with Gasteiger partial charge in [0.15, 0.2) is 0 Å². The maximum absolute atomic E-state index is 13.0. The second-order valence-corrected chi connectivity index (χ2v) is 8.12. The van der Waals surface area contributed by atoms with E-state index in [1.54, 1.807) is 26.8 Å². The molecule has 2 aromatic rings. The van der Waals surface area contributed by atoms with E-state index in [4.69, 9.17) is 33.0 Å². The smallest absolute Gasteiger partial charge is 0.407 e. The van der Waals surface area contributed by atoms with Crippen molar-refractivity contribution < 1.29 is 19.4 Å². The minimum Gasteiger partial charge on any atom is -0.480 e. The molecule has 11 heteroatoms. The number of ether oxygens (including phenoxy) is 1. The number of benzene rings is 1. The summed E-state index contributed by atoms with van der Waals surface area (Å²) in [7, 11) is 0. The summed E-state index contributed by atoms with van der Waals surface area (Å²) >= 11 is 12.2. The number of alkyl carbamates (subject to hydrolysis) is 1. The lowest BCUT2D eigenvalue weighted by atomic mass is 10.1. The van der Waals surface area contributed by atoms with E-state index in [9.17, 15) is 19.2 Å². The van der Waals surface area contributed by atoms with Crippen LogP contribution in [-0.4, -0.2) is 38.4 Å². The van der Waals surface area contributed by atoms with Crippen molar-refractivity contribution in [3.05, 3.63) is 55.3 Å². The Hall–Kier alpha value is -2.78. The van der Waals surface area contributed by atoms with Crippen LogP contribution in [0.1, 0.15) is 20.8 Å². The van der Waals surface area contributed by atoms with E-state index >= 15 is 0 Å². The Labute approximate surface area is 181 Å². The van der Waals surface area contributed by atoms with Crippen LogP contribution in [0.3, 0.4) is 0 Å². The average Bonchev–Trinajstić information content (AvgIpc) is 2.61. The maximum Gasteiger partial charge on any atom is 0.407 e. The van der Waals surface area contributed by atoms with Gasteiger partial charge in [-0.05, 0) is 26.8 Å². The molecule has 30 heavy (non-hydrogen) atoms. The molecule has 2 rings (SSSR count). The lowest BCUT2D eigenvalue weighted by molar-refractivity contribution is -0.137. The molecule has 0 aliphatic heterocycles. The summed E-state index contributed by atoms with van der Waals surface area (Å²) in [4.78, 5) is 48.5. The van der Waals surface area contributed by atoms with Gasteiger partial charge in [-0.25, -0.2) is 9.59 Å². The van der Waals surface area contributed by atoms with Gasteiger partial charge < -0.3 is 15.2 Å². The summed E-state index contributed by atoms with van der Waals surface area (Å²) in [5, 5.41) is 11.8. The first-order valence-electron chi connectivity index (χ1n) is 8.88. The molecule has 0 aliphatic rings. The molecule has 0 aliphatic carbocycles. The lowest BCUT2D eigenvalue weighted by Crippen LogP contribution is -2.44. The van der Waals surface area contributed by atoms with Crippen molar-refractivity contribution in [2.24, 2.45) is 0 Å². The summed E-state index contributed by atoms with van der Waals surface area (Å²) in [6.07, 6.45) is 0.421. The Morgan fingerprint density at radius 3 is 2.43 bits per heavy atom. The first kappa shape index (κ1) is 23.5. The van der Waals surface area contributed by atoms with Crippen molar-refractivity contribution in [2.45, 2.75) is 39.5 Å². The Bertz CT molecular complexity index is 1090. The zero-order chi connectivity index (χ0) is 22.6. The predicted octanol–water partition coefficient (Wildman–Crippen LogP) is 2.59. The monoisotopic (exact) mass is 457 g/mol. The van der Waals surface area contributed by atoms with E-state index in [2.05, 4.69) is 5.32 Å². The van der Waals surface area contributed by atoms with Gasteiger partial charge in [0.05, 0.1) is 15.6 Å². The van der Waals surface area contributed by atoms with Crippen LogP contribution in [0.25, 0.3) is 11.1 Å². The molecule has 9 nitrogen and oxygen atoms in total.